The molecule has 0 saturated carbocycles. The van der Waals surface area contributed by atoms with E-state index in [4.69, 9.17) is 0 Å². The van der Waals surface area contributed by atoms with Crippen molar-refractivity contribution in [3.8, 4) is 0 Å². The number of carbonyl (C=O) groups is 1. The van der Waals surface area contributed by atoms with Crippen molar-refractivity contribution in [1.29, 1.82) is 0 Å². The molecule has 0 radical (unpaired) electrons. The zero-order valence-electron chi connectivity index (χ0n) is 9.75. The number of rotatable bonds is 4. The quantitative estimate of drug-likeness (QED) is 0.829. The van der Waals surface area contributed by atoms with Crippen molar-refractivity contribution >= 4 is 28.5 Å². The van der Waals surface area contributed by atoms with E-state index in [9.17, 15) is 4.79 Å². The van der Waals surface area contributed by atoms with Crippen molar-refractivity contribution in [3.63, 3.8) is 0 Å². The van der Waals surface area contributed by atoms with E-state index in [0.29, 0.717) is 0 Å². The highest BCUT2D eigenvalue weighted by molar-refractivity contribution is 14.1. The second-order valence-corrected chi connectivity index (χ2v) is 5.02. The Balaban J connectivity index is 2.61. The number of likely N-dealkylation sites (N-methyl/N-ethyl adjacent to an activating group) is 1. The van der Waals surface area contributed by atoms with E-state index in [1.165, 1.54) is 9.13 Å². The maximum atomic E-state index is 11.4. The lowest BCUT2D eigenvalue weighted by atomic mass is 10.1. The minimum Gasteiger partial charge on any atom is -0.358 e. The van der Waals surface area contributed by atoms with Crippen molar-refractivity contribution in [2.24, 2.45) is 0 Å². The van der Waals surface area contributed by atoms with Crippen LogP contribution in [0, 0.1) is 3.57 Å². The molecular formula is C12H17IN2O. The maximum Gasteiger partial charge on any atom is 0.236 e. The molecule has 1 unspecified atom stereocenters. The lowest BCUT2D eigenvalue weighted by Crippen LogP contribution is -2.41. The van der Waals surface area contributed by atoms with Gasteiger partial charge in [0.15, 0.2) is 0 Å². The summed E-state index contributed by atoms with van der Waals surface area (Å²) < 4.78 is 1.22. The summed E-state index contributed by atoms with van der Waals surface area (Å²) in [7, 11) is 1.65. The van der Waals surface area contributed by atoms with E-state index in [1.807, 2.05) is 6.92 Å². The van der Waals surface area contributed by atoms with Crippen LogP contribution in [0.5, 0.6) is 0 Å². The molecule has 0 spiro atoms. The third-order valence-electron chi connectivity index (χ3n) is 2.51. The van der Waals surface area contributed by atoms with Gasteiger partial charge in [-0.2, -0.15) is 0 Å². The Morgan fingerprint density at radius 2 is 1.81 bits per heavy atom. The summed E-state index contributed by atoms with van der Waals surface area (Å²) in [5.74, 6) is 0.0114. The zero-order valence-corrected chi connectivity index (χ0v) is 11.9. The molecule has 16 heavy (non-hydrogen) atoms. The van der Waals surface area contributed by atoms with Crippen LogP contribution < -0.4 is 10.6 Å². The second-order valence-electron chi connectivity index (χ2n) is 3.78. The first-order chi connectivity index (χ1) is 7.54. The summed E-state index contributed by atoms with van der Waals surface area (Å²) in [6, 6.07) is 8.28. The fraction of sp³-hybridized carbons (Fsp3) is 0.417. The van der Waals surface area contributed by atoms with Gasteiger partial charge in [0.2, 0.25) is 5.91 Å². The van der Waals surface area contributed by atoms with Gasteiger partial charge in [-0.15, -0.1) is 0 Å². The van der Waals surface area contributed by atoms with E-state index in [0.717, 1.165) is 0 Å². The Labute approximate surface area is 110 Å². The van der Waals surface area contributed by atoms with Crippen LogP contribution in [0.3, 0.4) is 0 Å². The summed E-state index contributed by atoms with van der Waals surface area (Å²) >= 11 is 2.28. The third-order valence-corrected chi connectivity index (χ3v) is 3.23. The van der Waals surface area contributed by atoms with Crippen LogP contribution in [-0.2, 0) is 4.79 Å². The van der Waals surface area contributed by atoms with E-state index < -0.39 is 0 Å². The van der Waals surface area contributed by atoms with Gasteiger partial charge in [0.25, 0.3) is 0 Å². The molecule has 0 bridgehead atoms. The molecular weight excluding hydrogens is 315 g/mol. The number of benzene rings is 1. The summed E-state index contributed by atoms with van der Waals surface area (Å²) in [5.41, 5.74) is 1.19. The minimum absolute atomic E-state index is 0.0114. The van der Waals surface area contributed by atoms with Crippen LogP contribution in [0.15, 0.2) is 24.3 Å². The van der Waals surface area contributed by atoms with E-state index >= 15 is 0 Å². The van der Waals surface area contributed by atoms with Crippen LogP contribution >= 0.6 is 22.6 Å². The Morgan fingerprint density at radius 3 is 2.31 bits per heavy atom. The number of nitrogens with one attached hydrogen (secondary N) is 2. The predicted octanol–water partition coefficient (Wildman–Crippen LogP) is 2.08. The number of hydrogen-bond donors (Lipinski definition) is 2. The molecule has 2 atom stereocenters. The molecule has 0 aliphatic carbocycles. The van der Waals surface area contributed by atoms with Gasteiger partial charge in [-0.05, 0) is 54.1 Å². The van der Waals surface area contributed by atoms with Gasteiger partial charge < -0.3 is 5.32 Å². The first-order valence-electron chi connectivity index (χ1n) is 5.27. The number of halogens is 1. The Morgan fingerprint density at radius 1 is 1.25 bits per heavy atom. The van der Waals surface area contributed by atoms with Crippen molar-refractivity contribution < 1.29 is 4.79 Å². The summed E-state index contributed by atoms with van der Waals surface area (Å²) in [6.07, 6.45) is 0. The number of hydrogen-bond acceptors (Lipinski definition) is 2. The van der Waals surface area contributed by atoms with Crippen LogP contribution in [0.1, 0.15) is 25.5 Å². The van der Waals surface area contributed by atoms with Crippen molar-refractivity contribution in [3.05, 3.63) is 33.4 Å². The standard InChI is InChI=1S/C12H17IN2O/c1-8(15-9(2)12(16)14-3)10-4-6-11(13)7-5-10/h4-9,15H,1-3H3,(H,14,16)/t8?,9-/m1/s1. The SMILES string of the molecule is CNC(=O)[C@@H](C)NC(C)c1ccc(I)cc1. The highest BCUT2D eigenvalue weighted by atomic mass is 127. The summed E-state index contributed by atoms with van der Waals surface area (Å²) in [4.78, 5) is 11.4. The molecule has 1 aromatic carbocycles. The topological polar surface area (TPSA) is 41.1 Å². The Bertz CT molecular complexity index is 351. The number of amides is 1. The van der Waals surface area contributed by atoms with Crippen molar-refractivity contribution in [2.75, 3.05) is 7.05 Å². The van der Waals surface area contributed by atoms with Gasteiger partial charge in [0, 0.05) is 16.7 Å². The molecule has 0 aromatic heterocycles. The fourth-order valence-corrected chi connectivity index (χ4v) is 1.87. The van der Waals surface area contributed by atoms with Crippen LogP contribution in [-0.4, -0.2) is 19.0 Å². The van der Waals surface area contributed by atoms with Gasteiger partial charge in [0.05, 0.1) is 6.04 Å². The molecule has 88 valence electrons. The maximum absolute atomic E-state index is 11.4. The second kappa shape index (κ2) is 6.20. The molecule has 1 amide bonds. The first-order valence-corrected chi connectivity index (χ1v) is 6.35. The molecule has 1 aromatic rings. The molecule has 0 aliphatic rings. The van der Waals surface area contributed by atoms with E-state index in [2.05, 4.69) is 64.4 Å². The predicted molar refractivity (Wildman–Crippen MR) is 74.2 cm³/mol. The molecule has 3 nitrogen and oxygen atoms in total. The third kappa shape index (κ3) is 3.75. The molecule has 0 aliphatic heterocycles. The van der Waals surface area contributed by atoms with Gasteiger partial charge in [0.1, 0.15) is 0 Å². The monoisotopic (exact) mass is 332 g/mol. The summed E-state index contributed by atoms with van der Waals surface area (Å²) in [5, 5.41) is 5.88. The van der Waals surface area contributed by atoms with Gasteiger partial charge >= 0.3 is 0 Å². The molecule has 1 rings (SSSR count). The van der Waals surface area contributed by atoms with Crippen molar-refractivity contribution in [1.82, 2.24) is 10.6 Å². The smallest absolute Gasteiger partial charge is 0.236 e. The summed E-state index contributed by atoms with van der Waals surface area (Å²) in [6.45, 7) is 3.92. The Kier molecular flexibility index (Phi) is 5.21. The van der Waals surface area contributed by atoms with Crippen LogP contribution in [0.25, 0.3) is 0 Å². The average Bonchev–Trinajstić information content (AvgIpc) is 2.28. The highest BCUT2D eigenvalue weighted by Gasteiger charge is 2.14. The fourth-order valence-electron chi connectivity index (χ4n) is 1.51. The van der Waals surface area contributed by atoms with E-state index in [-0.39, 0.29) is 18.0 Å². The molecule has 4 heteroatoms. The van der Waals surface area contributed by atoms with Crippen LogP contribution in [0.2, 0.25) is 0 Å². The minimum atomic E-state index is -0.181. The molecule has 2 N–H and O–H groups in total. The number of carbonyl (C=O) groups excluding carboxylic acids is 1. The van der Waals surface area contributed by atoms with Gasteiger partial charge in [-0.1, -0.05) is 12.1 Å². The van der Waals surface area contributed by atoms with Crippen molar-refractivity contribution in [2.45, 2.75) is 25.9 Å². The van der Waals surface area contributed by atoms with E-state index in [1.54, 1.807) is 7.05 Å². The lowest BCUT2D eigenvalue weighted by Gasteiger charge is -2.19. The zero-order chi connectivity index (χ0) is 12.1. The highest BCUT2D eigenvalue weighted by Crippen LogP contribution is 2.14. The Hall–Kier alpha value is -0.620. The lowest BCUT2D eigenvalue weighted by molar-refractivity contribution is -0.122. The van der Waals surface area contributed by atoms with Gasteiger partial charge in [-0.25, -0.2) is 0 Å². The van der Waals surface area contributed by atoms with Crippen LogP contribution in [0.4, 0.5) is 0 Å². The average molecular weight is 332 g/mol. The molecule has 0 saturated heterocycles. The normalized spacial score (nSPS) is 14.2. The van der Waals surface area contributed by atoms with Gasteiger partial charge in [-0.3, -0.25) is 10.1 Å². The first kappa shape index (κ1) is 13.4. The molecule has 0 fully saturated rings. The molecule has 0 heterocycles. The largest absolute Gasteiger partial charge is 0.358 e.